The van der Waals surface area contributed by atoms with Gasteiger partial charge in [0.25, 0.3) is 5.91 Å². The number of carbonyl (C=O) groups is 2. The summed E-state index contributed by atoms with van der Waals surface area (Å²) >= 11 is 0. The summed E-state index contributed by atoms with van der Waals surface area (Å²) in [6.07, 6.45) is 2.82. The molecule has 0 unspecified atom stereocenters. The molecule has 5 heteroatoms. The van der Waals surface area contributed by atoms with Crippen molar-refractivity contribution in [2.75, 3.05) is 7.11 Å². The monoisotopic (exact) mass is 302 g/mol. The number of aryl methyl sites for hydroxylation is 1. The Bertz CT molecular complexity index is 701. The van der Waals surface area contributed by atoms with Gasteiger partial charge in [0.2, 0.25) is 0 Å². The molecule has 2 aromatic rings. The van der Waals surface area contributed by atoms with Crippen LogP contribution in [0.2, 0.25) is 0 Å². The average molecular weight is 302 g/mol. The minimum atomic E-state index is -1.07. The quantitative estimate of drug-likeness (QED) is 0.864. The van der Waals surface area contributed by atoms with Crippen LogP contribution in [0, 0.1) is 0 Å². The van der Waals surface area contributed by atoms with Crippen LogP contribution in [-0.2, 0) is 16.1 Å². The van der Waals surface area contributed by atoms with Crippen LogP contribution in [0.15, 0.2) is 30.5 Å². The standard InChI is InChI=1S/C17H22N2O3/c1-5-10-19-11-13(12-8-6-7-9-14(12)19)15(20)18-17(2,3)16(21)22-4/h6-9,11H,5,10H2,1-4H3,(H,18,20). The first kappa shape index (κ1) is 16.1. The Morgan fingerprint density at radius 2 is 1.95 bits per heavy atom. The van der Waals surface area contributed by atoms with Crippen molar-refractivity contribution in [2.45, 2.75) is 39.3 Å². The molecular formula is C17H22N2O3. The number of para-hydroxylation sites is 1. The highest BCUT2D eigenvalue weighted by Crippen LogP contribution is 2.22. The van der Waals surface area contributed by atoms with Crippen LogP contribution in [0.25, 0.3) is 10.9 Å². The normalized spacial score (nSPS) is 11.5. The molecule has 118 valence electrons. The van der Waals surface area contributed by atoms with Gasteiger partial charge in [0.1, 0.15) is 5.54 Å². The summed E-state index contributed by atoms with van der Waals surface area (Å²) in [4.78, 5) is 24.3. The van der Waals surface area contributed by atoms with Crippen molar-refractivity contribution in [3.05, 3.63) is 36.0 Å². The molecule has 1 amide bonds. The molecule has 0 aliphatic rings. The summed E-state index contributed by atoms with van der Waals surface area (Å²) < 4.78 is 6.79. The van der Waals surface area contributed by atoms with E-state index in [1.54, 1.807) is 13.8 Å². The third kappa shape index (κ3) is 2.98. The molecule has 1 aromatic carbocycles. The van der Waals surface area contributed by atoms with E-state index in [4.69, 9.17) is 4.74 Å². The number of hydrogen-bond acceptors (Lipinski definition) is 3. The first-order valence-corrected chi connectivity index (χ1v) is 7.39. The van der Waals surface area contributed by atoms with Gasteiger partial charge in [-0.1, -0.05) is 25.1 Å². The predicted octanol–water partition coefficient (Wildman–Crippen LogP) is 2.73. The number of ether oxygens (including phenoxy) is 1. The smallest absolute Gasteiger partial charge is 0.330 e. The average Bonchev–Trinajstić information content (AvgIpc) is 2.85. The number of benzene rings is 1. The molecule has 0 aliphatic carbocycles. The predicted molar refractivity (Wildman–Crippen MR) is 85.8 cm³/mol. The number of esters is 1. The molecule has 2 rings (SSSR count). The Morgan fingerprint density at radius 1 is 1.27 bits per heavy atom. The lowest BCUT2D eigenvalue weighted by Crippen LogP contribution is -2.50. The van der Waals surface area contributed by atoms with E-state index >= 15 is 0 Å². The zero-order valence-corrected chi connectivity index (χ0v) is 13.5. The highest BCUT2D eigenvalue weighted by atomic mass is 16.5. The van der Waals surface area contributed by atoms with Crippen LogP contribution in [0.3, 0.4) is 0 Å². The number of amides is 1. The van der Waals surface area contributed by atoms with Crippen LogP contribution in [0.4, 0.5) is 0 Å². The number of fused-ring (bicyclic) bond motifs is 1. The lowest BCUT2D eigenvalue weighted by Gasteiger charge is -2.22. The van der Waals surface area contributed by atoms with Gasteiger partial charge >= 0.3 is 5.97 Å². The molecule has 1 heterocycles. The van der Waals surface area contributed by atoms with Crippen molar-refractivity contribution in [1.82, 2.24) is 9.88 Å². The minimum Gasteiger partial charge on any atom is -0.467 e. The highest BCUT2D eigenvalue weighted by Gasteiger charge is 2.31. The summed E-state index contributed by atoms with van der Waals surface area (Å²) in [6.45, 7) is 6.19. The summed E-state index contributed by atoms with van der Waals surface area (Å²) in [6, 6.07) is 7.77. The molecule has 0 aliphatic heterocycles. The highest BCUT2D eigenvalue weighted by molar-refractivity contribution is 6.08. The van der Waals surface area contributed by atoms with Gasteiger partial charge < -0.3 is 14.6 Å². The van der Waals surface area contributed by atoms with Crippen LogP contribution in [0.1, 0.15) is 37.6 Å². The van der Waals surface area contributed by atoms with Crippen LogP contribution in [0.5, 0.6) is 0 Å². The van der Waals surface area contributed by atoms with Crippen molar-refractivity contribution >= 4 is 22.8 Å². The van der Waals surface area contributed by atoms with E-state index in [1.165, 1.54) is 7.11 Å². The molecule has 0 saturated heterocycles. The maximum atomic E-state index is 12.6. The number of aromatic nitrogens is 1. The minimum absolute atomic E-state index is 0.276. The largest absolute Gasteiger partial charge is 0.467 e. The molecule has 5 nitrogen and oxygen atoms in total. The molecule has 1 N–H and O–H groups in total. The number of rotatable bonds is 5. The number of nitrogens with one attached hydrogen (secondary N) is 1. The van der Waals surface area contributed by atoms with Crippen LogP contribution < -0.4 is 5.32 Å². The summed E-state index contributed by atoms with van der Waals surface area (Å²) in [5.74, 6) is -0.750. The first-order chi connectivity index (χ1) is 10.4. The van der Waals surface area contributed by atoms with E-state index in [0.717, 1.165) is 23.9 Å². The molecule has 1 aromatic heterocycles. The SMILES string of the molecule is CCCn1cc(C(=O)NC(C)(C)C(=O)OC)c2ccccc21. The lowest BCUT2D eigenvalue weighted by molar-refractivity contribution is -0.146. The van der Waals surface area contributed by atoms with E-state index in [0.29, 0.717) is 5.56 Å². The Morgan fingerprint density at radius 3 is 2.59 bits per heavy atom. The lowest BCUT2D eigenvalue weighted by atomic mass is 10.0. The van der Waals surface area contributed by atoms with Crippen molar-refractivity contribution in [2.24, 2.45) is 0 Å². The fourth-order valence-electron chi connectivity index (χ4n) is 2.51. The van der Waals surface area contributed by atoms with Gasteiger partial charge in [-0.15, -0.1) is 0 Å². The van der Waals surface area contributed by atoms with Gasteiger partial charge in [-0.05, 0) is 26.3 Å². The molecule has 0 radical (unpaired) electrons. The molecular weight excluding hydrogens is 280 g/mol. The number of methoxy groups -OCH3 is 1. The van der Waals surface area contributed by atoms with Gasteiger partial charge in [-0.2, -0.15) is 0 Å². The van der Waals surface area contributed by atoms with Crippen molar-refractivity contribution in [3.63, 3.8) is 0 Å². The zero-order valence-electron chi connectivity index (χ0n) is 13.5. The van der Waals surface area contributed by atoms with Gasteiger partial charge in [-0.3, -0.25) is 4.79 Å². The van der Waals surface area contributed by atoms with E-state index in [-0.39, 0.29) is 5.91 Å². The molecule has 0 spiro atoms. The fraction of sp³-hybridized carbons (Fsp3) is 0.412. The summed E-state index contributed by atoms with van der Waals surface area (Å²) in [5.41, 5.74) is 0.520. The van der Waals surface area contributed by atoms with E-state index in [1.807, 2.05) is 30.5 Å². The molecule has 0 bridgehead atoms. The third-order valence-electron chi connectivity index (χ3n) is 3.62. The van der Waals surface area contributed by atoms with Gasteiger partial charge in [0.15, 0.2) is 0 Å². The molecule has 0 atom stereocenters. The van der Waals surface area contributed by atoms with Crippen molar-refractivity contribution < 1.29 is 14.3 Å². The van der Waals surface area contributed by atoms with E-state index in [9.17, 15) is 9.59 Å². The second-order valence-corrected chi connectivity index (χ2v) is 5.82. The molecule has 0 saturated carbocycles. The molecule has 0 fully saturated rings. The Hall–Kier alpha value is -2.30. The van der Waals surface area contributed by atoms with Crippen LogP contribution >= 0.6 is 0 Å². The summed E-state index contributed by atoms with van der Waals surface area (Å²) in [7, 11) is 1.31. The van der Waals surface area contributed by atoms with Crippen molar-refractivity contribution in [3.8, 4) is 0 Å². The van der Waals surface area contributed by atoms with Gasteiger partial charge in [0, 0.05) is 23.6 Å². The summed E-state index contributed by atoms with van der Waals surface area (Å²) in [5, 5.41) is 3.63. The second kappa shape index (κ2) is 6.22. The van der Waals surface area contributed by atoms with Gasteiger partial charge in [0.05, 0.1) is 12.7 Å². The van der Waals surface area contributed by atoms with Crippen molar-refractivity contribution in [1.29, 1.82) is 0 Å². The maximum absolute atomic E-state index is 12.6. The van der Waals surface area contributed by atoms with E-state index < -0.39 is 11.5 Å². The Labute approximate surface area is 130 Å². The number of carbonyl (C=O) groups excluding carboxylic acids is 2. The second-order valence-electron chi connectivity index (χ2n) is 5.82. The Kier molecular flexibility index (Phi) is 4.54. The fourth-order valence-corrected chi connectivity index (χ4v) is 2.51. The Balaban J connectivity index is 2.38. The zero-order chi connectivity index (χ0) is 16.3. The van der Waals surface area contributed by atoms with Gasteiger partial charge in [-0.25, -0.2) is 4.79 Å². The topological polar surface area (TPSA) is 60.3 Å². The molecule has 22 heavy (non-hydrogen) atoms. The van der Waals surface area contributed by atoms with E-state index in [2.05, 4.69) is 16.8 Å². The number of hydrogen-bond donors (Lipinski definition) is 1. The maximum Gasteiger partial charge on any atom is 0.330 e. The number of nitrogens with zero attached hydrogens (tertiary/aromatic N) is 1. The first-order valence-electron chi connectivity index (χ1n) is 7.39. The third-order valence-corrected chi connectivity index (χ3v) is 3.62. The van der Waals surface area contributed by atoms with Crippen LogP contribution in [-0.4, -0.2) is 29.1 Å².